The molecule has 0 bridgehead atoms. The molecule has 4 rings (SSSR count). The van der Waals surface area contributed by atoms with E-state index in [-0.39, 0.29) is 17.7 Å². The molecule has 0 fully saturated rings. The normalized spacial score (nSPS) is 14.8. The number of benzene rings is 2. The van der Waals surface area contributed by atoms with Crippen LogP contribution in [0.25, 0.3) is 0 Å². The SMILES string of the molecule is COc1ccc(CCNC(=O)[C@H]2CCc3sc(NC(=O)c4ccccc4)nc32)cc1. The van der Waals surface area contributed by atoms with Gasteiger partial charge in [0.15, 0.2) is 5.13 Å². The number of aromatic nitrogens is 1. The van der Waals surface area contributed by atoms with Gasteiger partial charge >= 0.3 is 0 Å². The fourth-order valence-electron chi connectivity index (χ4n) is 3.54. The highest BCUT2D eigenvalue weighted by atomic mass is 32.1. The number of fused-ring (bicyclic) bond motifs is 1. The molecule has 154 valence electrons. The molecule has 1 aliphatic rings. The third kappa shape index (κ3) is 4.52. The number of carbonyl (C=O) groups excluding carboxylic acids is 2. The van der Waals surface area contributed by atoms with Gasteiger partial charge in [0.2, 0.25) is 5.91 Å². The van der Waals surface area contributed by atoms with Crippen molar-refractivity contribution in [2.75, 3.05) is 19.0 Å². The first-order valence-corrected chi connectivity index (χ1v) is 10.7. The monoisotopic (exact) mass is 421 g/mol. The van der Waals surface area contributed by atoms with E-state index in [9.17, 15) is 9.59 Å². The number of hydrogen-bond donors (Lipinski definition) is 2. The summed E-state index contributed by atoms with van der Waals surface area (Å²) in [7, 11) is 1.64. The molecule has 0 unspecified atom stereocenters. The van der Waals surface area contributed by atoms with Gasteiger partial charge in [-0.3, -0.25) is 14.9 Å². The summed E-state index contributed by atoms with van der Waals surface area (Å²) >= 11 is 1.46. The number of rotatable bonds is 7. The van der Waals surface area contributed by atoms with Crippen molar-refractivity contribution >= 4 is 28.3 Å². The van der Waals surface area contributed by atoms with E-state index in [0.717, 1.165) is 41.1 Å². The van der Waals surface area contributed by atoms with Gasteiger partial charge in [-0.15, -0.1) is 11.3 Å². The zero-order valence-electron chi connectivity index (χ0n) is 16.7. The van der Waals surface area contributed by atoms with Crippen LogP contribution in [0, 0.1) is 0 Å². The molecule has 0 aliphatic heterocycles. The molecule has 0 spiro atoms. The van der Waals surface area contributed by atoms with Crippen molar-refractivity contribution in [3.63, 3.8) is 0 Å². The summed E-state index contributed by atoms with van der Waals surface area (Å²) < 4.78 is 5.16. The molecule has 1 atom stereocenters. The minimum atomic E-state index is -0.255. The average Bonchev–Trinajstić information content (AvgIpc) is 3.35. The minimum absolute atomic E-state index is 0.00602. The zero-order chi connectivity index (χ0) is 20.9. The maximum atomic E-state index is 12.7. The summed E-state index contributed by atoms with van der Waals surface area (Å²) in [6, 6.07) is 16.9. The van der Waals surface area contributed by atoms with Crippen molar-refractivity contribution in [2.45, 2.75) is 25.2 Å². The Kier molecular flexibility index (Phi) is 6.09. The van der Waals surface area contributed by atoms with Crippen LogP contribution in [0.4, 0.5) is 5.13 Å². The maximum Gasteiger partial charge on any atom is 0.257 e. The van der Waals surface area contributed by atoms with E-state index in [1.807, 2.05) is 42.5 Å². The summed E-state index contributed by atoms with van der Waals surface area (Å²) in [5.41, 5.74) is 2.52. The van der Waals surface area contributed by atoms with Gasteiger partial charge < -0.3 is 10.1 Å². The molecular weight excluding hydrogens is 398 g/mol. The second-order valence-electron chi connectivity index (χ2n) is 7.13. The molecule has 2 amide bonds. The lowest BCUT2D eigenvalue weighted by atomic mass is 10.1. The number of aryl methyl sites for hydroxylation is 1. The van der Waals surface area contributed by atoms with Gasteiger partial charge in [-0.05, 0) is 49.1 Å². The Hall–Kier alpha value is -3.19. The molecule has 30 heavy (non-hydrogen) atoms. The van der Waals surface area contributed by atoms with Crippen LogP contribution in [0.15, 0.2) is 54.6 Å². The first kappa shape index (κ1) is 20.1. The van der Waals surface area contributed by atoms with Gasteiger partial charge in [0, 0.05) is 17.0 Å². The first-order chi connectivity index (χ1) is 14.6. The van der Waals surface area contributed by atoms with Crippen LogP contribution in [0.2, 0.25) is 0 Å². The van der Waals surface area contributed by atoms with Crippen LogP contribution in [-0.4, -0.2) is 30.5 Å². The topological polar surface area (TPSA) is 80.3 Å². The van der Waals surface area contributed by atoms with E-state index in [2.05, 4.69) is 15.6 Å². The van der Waals surface area contributed by atoms with Gasteiger partial charge in [0.05, 0.1) is 18.7 Å². The average molecular weight is 422 g/mol. The Bertz CT molecular complexity index is 1030. The smallest absolute Gasteiger partial charge is 0.257 e. The van der Waals surface area contributed by atoms with Crippen molar-refractivity contribution in [1.29, 1.82) is 0 Å². The Morgan fingerprint density at radius 2 is 1.90 bits per heavy atom. The highest BCUT2D eigenvalue weighted by Gasteiger charge is 2.32. The summed E-state index contributed by atoms with van der Waals surface area (Å²) in [5.74, 6) is 0.367. The van der Waals surface area contributed by atoms with E-state index < -0.39 is 0 Å². The van der Waals surface area contributed by atoms with Crippen LogP contribution < -0.4 is 15.4 Å². The lowest BCUT2D eigenvalue weighted by molar-refractivity contribution is -0.122. The molecule has 0 saturated heterocycles. The molecule has 7 heteroatoms. The number of hydrogen-bond acceptors (Lipinski definition) is 5. The summed E-state index contributed by atoms with van der Waals surface area (Å²) in [6.45, 7) is 0.568. The molecule has 3 aromatic rings. The van der Waals surface area contributed by atoms with Crippen LogP contribution in [0.1, 0.15) is 38.8 Å². The van der Waals surface area contributed by atoms with Crippen LogP contribution >= 0.6 is 11.3 Å². The van der Waals surface area contributed by atoms with Crippen molar-refractivity contribution in [2.24, 2.45) is 0 Å². The predicted octanol–water partition coefficient (Wildman–Crippen LogP) is 3.79. The lowest BCUT2D eigenvalue weighted by Gasteiger charge is -2.11. The van der Waals surface area contributed by atoms with Gasteiger partial charge in [-0.2, -0.15) is 0 Å². The predicted molar refractivity (Wildman–Crippen MR) is 117 cm³/mol. The standard InChI is InChI=1S/C23H23N3O3S/c1-29-17-9-7-15(8-10-17)13-14-24-22(28)18-11-12-19-20(18)25-23(30-19)26-21(27)16-5-3-2-4-6-16/h2-10,18H,11-14H2,1H3,(H,24,28)(H,25,26,27)/t18-/m0/s1. The van der Waals surface area contributed by atoms with Gasteiger partial charge in [-0.25, -0.2) is 4.98 Å². The molecule has 1 aromatic heterocycles. The van der Waals surface area contributed by atoms with Crippen LogP contribution in [0.5, 0.6) is 5.75 Å². The molecule has 1 aliphatic carbocycles. The number of anilines is 1. The number of ether oxygens (including phenoxy) is 1. The van der Waals surface area contributed by atoms with Crippen LogP contribution in [0.3, 0.4) is 0 Å². The minimum Gasteiger partial charge on any atom is -0.497 e. The number of thiazole rings is 1. The molecule has 2 N–H and O–H groups in total. The number of nitrogens with zero attached hydrogens (tertiary/aromatic N) is 1. The number of amides is 2. The lowest BCUT2D eigenvalue weighted by Crippen LogP contribution is -2.30. The Labute approximate surface area is 179 Å². The summed E-state index contributed by atoms with van der Waals surface area (Å²) in [6.07, 6.45) is 2.32. The van der Waals surface area contributed by atoms with Gasteiger partial charge in [0.1, 0.15) is 5.75 Å². The van der Waals surface area contributed by atoms with Crippen molar-refractivity contribution < 1.29 is 14.3 Å². The van der Waals surface area contributed by atoms with Crippen molar-refractivity contribution in [1.82, 2.24) is 10.3 Å². The molecule has 0 radical (unpaired) electrons. The van der Waals surface area contributed by atoms with E-state index >= 15 is 0 Å². The fraction of sp³-hybridized carbons (Fsp3) is 0.261. The van der Waals surface area contributed by atoms with Crippen LogP contribution in [-0.2, 0) is 17.6 Å². The zero-order valence-corrected chi connectivity index (χ0v) is 17.5. The third-order valence-corrected chi connectivity index (χ3v) is 6.21. The van der Waals surface area contributed by atoms with E-state index in [1.54, 1.807) is 19.2 Å². The van der Waals surface area contributed by atoms with Gasteiger partial charge in [0.25, 0.3) is 5.91 Å². The third-order valence-electron chi connectivity index (χ3n) is 5.16. The maximum absolute atomic E-state index is 12.7. The van der Waals surface area contributed by atoms with E-state index in [1.165, 1.54) is 11.3 Å². The second-order valence-corrected chi connectivity index (χ2v) is 8.21. The fourth-order valence-corrected chi connectivity index (χ4v) is 4.57. The van der Waals surface area contributed by atoms with Crippen molar-refractivity contribution in [3.8, 4) is 5.75 Å². The number of carbonyl (C=O) groups is 2. The molecular formula is C23H23N3O3S. The Morgan fingerprint density at radius 3 is 2.63 bits per heavy atom. The first-order valence-electron chi connectivity index (χ1n) is 9.90. The molecule has 6 nitrogen and oxygen atoms in total. The largest absolute Gasteiger partial charge is 0.497 e. The highest BCUT2D eigenvalue weighted by Crippen LogP contribution is 2.38. The summed E-state index contributed by atoms with van der Waals surface area (Å²) in [4.78, 5) is 30.7. The second kappa shape index (κ2) is 9.09. The van der Waals surface area contributed by atoms with Gasteiger partial charge in [-0.1, -0.05) is 30.3 Å². The van der Waals surface area contributed by atoms with E-state index in [4.69, 9.17) is 4.74 Å². The van der Waals surface area contributed by atoms with Crippen molar-refractivity contribution in [3.05, 3.63) is 76.3 Å². The molecule has 2 aromatic carbocycles. The Morgan fingerprint density at radius 1 is 1.13 bits per heavy atom. The summed E-state index contributed by atoms with van der Waals surface area (Å²) in [5, 5.41) is 6.42. The number of nitrogens with one attached hydrogen (secondary N) is 2. The highest BCUT2D eigenvalue weighted by molar-refractivity contribution is 7.16. The molecule has 1 heterocycles. The quantitative estimate of drug-likeness (QED) is 0.608. The number of methoxy groups -OCH3 is 1. The molecule has 0 saturated carbocycles. The Balaban J connectivity index is 1.33. The van der Waals surface area contributed by atoms with E-state index in [0.29, 0.717) is 17.2 Å².